The normalized spacial score (nSPS) is 14.6. The molecule has 156 valence electrons. The molecule has 4 rings (SSSR count). The molecule has 0 saturated carbocycles. The Bertz CT molecular complexity index is 1030. The molecule has 10 heteroatoms. The highest BCUT2D eigenvalue weighted by Crippen LogP contribution is 2.33. The highest BCUT2D eigenvalue weighted by Gasteiger charge is 2.34. The molecule has 2 aromatic heterocycles. The molecule has 1 fully saturated rings. The zero-order chi connectivity index (χ0) is 21.1. The van der Waals surface area contributed by atoms with Gasteiger partial charge in [-0.25, -0.2) is 9.67 Å². The molecule has 1 aliphatic rings. The fraction of sp³-hybridized carbons (Fsp3) is 0.300. The topological polar surface area (TPSA) is 75.9 Å². The highest BCUT2D eigenvalue weighted by molar-refractivity contribution is 6.02. The first-order chi connectivity index (χ1) is 14.4. The zero-order valence-corrected chi connectivity index (χ0v) is 15.9. The molecule has 0 aliphatic carbocycles. The van der Waals surface area contributed by atoms with Gasteiger partial charge in [-0.2, -0.15) is 13.2 Å². The summed E-state index contributed by atoms with van der Waals surface area (Å²) < 4.78 is 40.5. The van der Waals surface area contributed by atoms with Crippen molar-refractivity contribution >= 4 is 17.4 Å². The Labute approximate surface area is 170 Å². The van der Waals surface area contributed by atoms with Crippen LogP contribution in [0, 0.1) is 0 Å². The van der Waals surface area contributed by atoms with Crippen LogP contribution in [0.15, 0.2) is 48.8 Å². The van der Waals surface area contributed by atoms with Crippen LogP contribution in [0.4, 0.5) is 24.7 Å². The lowest BCUT2D eigenvalue weighted by Crippen LogP contribution is -2.29. The third-order valence-corrected chi connectivity index (χ3v) is 4.89. The highest BCUT2D eigenvalue weighted by atomic mass is 19.4. The van der Waals surface area contributed by atoms with Crippen LogP contribution in [0.25, 0.3) is 5.69 Å². The lowest BCUT2D eigenvalue weighted by molar-refractivity contribution is -0.137. The van der Waals surface area contributed by atoms with Crippen LogP contribution in [0.5, 0.6) is 0 Å². The van der Waals surface area contributed by atoms with Crippen molar-refractivity contribution in [2.75, 3.05) is 23.3 Å². The van der Waals surface area contributed by atoms with Crippen molar-refractivity contribution in [3.8, 4) is 5.69 Å². The Hall–Kier alpha value is -3.43. The number of nitrogens with one attached hydrogen (secondary N) is 1. The molecule has 1 N–H and O–H groups in total. The van der Waals surface area contributed by atoms with E-state index in [-0.39, 0.29) is 11.4 Å². The fourth-order valence-corrected chi connectivity index (χ4v) is 3.38. The van der Waals surface area contributed by atoms with Gasteiger partial charge in [-0.3, -0.25) is 4.79 Å². The Balaban J connectivity index is 1.47. The quantitative estimate of drug-likeness (QED) is 0.698. The number of amides is 1. The van der Waals surface area contributed by atoms with Gasteiger partial charge in [0.15, 0.2) is 5.69 Å². The first-order valence-corrected chi connectivity index (χ1v) is 9.53. The second kappa shape index (κ2) is 8.13. The van der Waals surface area contributed by atoms with E-state index in [1.807, 2.05) is 6.07 Å². The Morgan fingerprint density at radius 2 is 1.80 bits per heavy atom. The molecule has 7 nitrogen and oxygen atoms in total. The number of pyridine rings is 1. The molecule has 1 amide bonds. The van der Waals surface area contributed by atoms with Gasteiger partial charge in [0.25, 0.3) is 5.91 Å². The maximum atomic E-state index is 13.2. The summed E-state index contributed by atoms with van der Waals surface area (Å²) in [5.74, 6) is -0.282. The third-order valence-electron chi connectivity index (χ3n) is 4.89. The van der Waals surface area contributed by atoms with Gasteiger partial charge >= 0.3 is 6.18 Å². The van der Waals surface area contributed by atoms with Gasteiger partial charge in [0, 0.05) is 13.1 Å². The average Bonchev–Trinajstić information content (AvgIpc) is 3.25. The lowest BCUT2D eigenvalue weighted by atomic mass is 10.1. The largest absolute Gasteiger partial charge is 0.418 e. The van der Waals surface area contributed by atoms with Crippen molar-refractivity contribution in [2.24, 2.45) is 0 Å². The molecule has 1 aliphatic heterocycles. The third kappa shape index (κ3) is 4.27. The van der Waals surface area contributed by atoms with Crippen molar-refractivity contribution in [1.29, 1.82) is 0 Å². The van der Waals surface area contributed by atoms with Crippen molar-refractivity contribution in [3.63, 3.8) is 0 Å². The monoisotopic (exact) mass is 416 g/mol. The number of hydrogen-bond donors (Lipinski definition) is 1. The molecule has 0 unspecified atom stereocenters. The molecule has 0 radical (unpaired) electrons. The fourth-order valence-electron chi connectivity index (χ4n) is 3.38. The molecule has 0 atom stereocenters. The minimum Gasteiger partial charge on any atom is -0.370 e. The number of piperidine rings is 1. The van der Waals surface area contributed by atoms with Crippen LogP contribution < -0.4 is 10.2 Å². The summed E-state index contributed by atoms with van der Waals surface area (Å²) in [5.41, 5.74) is -0.200. The first kappa shape index (κ1) is 19.9. The Morgan fingerprint density at radius 3 is 2.50 bits per heavy atom. The molecular formula is C20H19F3N6O. The van der Waals surface area contributed by atoms with E-state index in [4.69, 9.17) is 0 Å². The second-order valence-corrected chi connectivity index (χ2v) is 6.97. The zero-order valence-electron chi connectivity index (χ0n) is 15.9. The Morgan fingerprint density at radius 1 is 1.03 bits per heavy atom. The summed E-state index contributed by atoms with van der Waals surface area (Å²) in [6, 6.07) is 8.52. The lowest BCUT2D eigenvalue weighted by Gasteiger charge is -2.28. The molecule has 0 spiro atoms. The molecule has 30 heavy (non-hydrogen) atoms. The molecule has 1 saturated heterocycles. The van der Waals surface area contributed by atoms with E-state index in [9.17, 15) is 18.0 Å². The predicted molar refractivity (Wildman–Crippen MR) is 105 cm³/mol. The summed E-state index contributed by atoms with van der Waals surface area (Å²) in [4.78, 5) is 18.9. The number of carbonyl (C=O) groups is 1. The van der Waals surface area contributed by atoms with Gasteiger partial charge in [0.2, 0.25) is 0 Å². The van der Waals surface area contributed by atoms with Crippen LogP contribution in [0.3, 0.4) is 0 Å². The van der Waals surface area contributed by atoms with E-state index in [1.54, 1.807) is 12.3 Å². The number of nitrogens with zero attached hydrogens (tertiary/aromatic N) is 5. The molecule has 1 aromatic carbocycles. The maximum absolute atomic E-state index is 13.2. The summed E-state index contributed by atoms with van der Waals surface area (Å²) in [7, 11) is 0. The maximum Gasteiger partial charge on any atom is 0.418 e. The van der Waals surface area contributed by atoms with Crippen molar-refractivity contribution in [3.05, 3.63) is 60.0 Å². The smallest absolute Gasteiger partial charge is 0.370 e. The average molecular weight is 416 g/mol. The van der Waals surface area contributed by atoms with Crippen LogP contribution in [-0.2, 0) is 6.18 Å². The number of anilines is 2. The first-order valence-electron chi connectivity index (χ1n) is 9.53. The number of para-hydroxylation sites is 1. The van der Waals surface area contributed by atoms with Crippen molar-refractivity contribution in [1.82, 2.24) is 20.0 Å². The van der Waals surface area contributed by atoms with Crippen molar-refractivity contribution < 1.29 is 18.0 Å². The van der Waals surface area contributed by atoms with E-state index in [2.05, 4.69) is 25.5 Å². The van der Waals surface area contributed by atoms with Crippen molar-refractivity contribution in [2.45, 2.75) is 25.4 Å². The van der Waals surface area contributed by atoms with Gasteiger partial charge in [0.05, 0.1) is 29.3 Å². The number of halogens is 3. The van der Waals surface area contributed by atoms with Crippen LogP contribution in [0.2, 0.25) is 0 Å². The molecule has 3 heterocycles. The summed E-state index contributed by atoms with van der Waals surface area (Å²) >= 11 is 0. The summed E-state index contributed by atoms with van der Waals surface area (Å²) in [6.07, 6.45) is 1.81. The van der Waals surface area contributed by atoms with E-state index in [1.165, 1.54) is 24.6 Å². The van der Waals surface area contributed by atoms with E-state index >= 15 is 0 Å². The van der Waals surface area contributed by atoms with Gasteiger partial charge in [-0.1, -0.05) is 17.3 Å². The number of rotatable bonds is 4. The number of hydrogen-bond acceptors (Lipinski definition) is 5. The Kier molecular flexibility index (Phi) is 5.39. The molecule has 3 aromatic rings. The van der Waals surface area contributed by atoms with E-state index in [0.717, 1.165) is 48.6 Å². The van der Waals surface area contributed by atoms with Gasteiger partial charge < -0.3 is 10.2 Å². The SMILES string of the molecule is O=C(Nc1ccc(N2CCCCC2)cn1)c1cn(-c2ccccc2C(F)(F)F)nn1. The standard InChI is InChI=1S/C20H19F3N6O/c21-20(22,23)15-6-2-3-7-17(15)29-13-16(26-27-29)19(30)25-18-9-8-14(12-24-18)28-10-4-1-5-11-28/h2-3,6-9,12-13H,1,4-5,10-11H2,(H,24,25,30). The predicted octanol–water partition coefficient (Wildman–Crippen LogP) is 3.92. The van der Waals surface area contributed by atoms with E-state index in [0.29, 0.717) is 5.82 Å². The van der Waals surface area contributed by atoms with Crippen LogP contribution in [-0.4, -0.2) is 39.0 Å². The van der Waals surface area contributed by atoms with Gasteiger partial charge in [0.1, 0.15) is 5.82 Å². The summed E-state index contributed by atoms with van der Waals surface area (Å²) in [5, 5.41) is 9.97. The van der Waals surface area contributed by atoms with Gasteiger partial charge in [-0.05, 0) is 43.5 Å². The summed E-state index contributed by atoms with van der Waals surface area (Å²) in [6.45, 7) is 1.96. The molecule has 0 bridgehead atoms. The van der Waals surface area contributed by atoms with Crippen LogP contribution >= 0.6 is 0 Å². The van der Waals surface area contributed by atoms with E-state index < -0.39 is 17.6 Å². The van der Waals surface area contributed by atoms with Crippen LogP contribution in [0.1, 0.15) is 35.3 Å². The minimum atomic E-state index is -4.55. The van der Waals surface area contributed by atoms with Gasteiger partial charge in [-0.15, -0.1) is 5.10 Å². The second-order valence-electron chi connectivity index (χ2n) is 6.97. The molecular weight excluding hydrogens is 397 g/mol. The minimum absolute atomic E-state index is 0.117. The number of carbonyl (C=O) groups excluding carboxylic acids is 1. The number of benzene rings is 1. The number of aromatic nitrogens is 4. The number of alkyl halides is 3.